The third-order valence-corrected chi connectivity index (χ3v) is 23.6. The van der Waals surface area contributed by atoms with Crippen molar-refractivity contribution in [1.82, 2.24) is 58.8 Å². The zero-order valence-corrected chi connectivity index (χ0v) is 75.2. The first-order valence-electron chi connectivity index (χ1n) is 44.2. The molecule has 37 nitrogen and oxygen atoms in total. The van der Waals surface area contributed by atoms with Crippen molar-refractivity contribution in [2.24, 2.45) is 0 Å². The van der Waals surface area contributed by atoms with Crippen LogP contribution in [0.5, 0.6) is 23.0 Å². The van der Waals surface area contributed by atoms with Crippen LogP contribution < -0.4 is 21.7 Å². The fourth-order valence-corrected chi connectivity index (χ4v) is 16.5. The van der Waals surface area contributed by atoms with Gasteiger partial charge in [0.15, 0.2) is 29.0 Å². The van der Waals surface area contributed by atoms with Gasteiger partial charge >= 0.3 is 25.7 Å². The smallest absolute Gasteiger partial charge is 0.508 e. The van der Waals surface area contributed by atoms with Crippen LogP contribution in [0.4, 0.5) is 17.5 Å². The number of imidazole rings is 3. The predicted molar refractivity (Wildman–Crippen MR) is 487 cm³/mol. The minimum absolute atomic E-state index is 0.00390. The number of carbonyl (C=O) groups excluding carboxylic acids is 12. The highest BCUT2D eigenvalue weighted by Crippen LogP contribution is 2.41. The predicted octanol–water partition coefficient (Wildman–Crippen LogP) is 12.5. The number of nitrogen functional groups attached to an aromatic ring is 3. The highest BCUT2D eigenvalue weighted by atomic mass is 31.2. The van der Waals surface area contributed by atoms with Gasteiger partial charge in [-0.3, -0.25) is 52.9 Å². The third-order valence-electron chi connectivity index (χ3n) is 23.1. The number of aromatic hydroxyl groups is 3. The van der Waals surface area contributed by atoms with Gasteiger partial charge in [0.1, 0.15) is 62.9 Å². The molecule has 12 aromatic rings. The monoisotopic (exact) mass is 1840 g/mol. The maximum atomic E-state index is 12.6. The van der Waals surface area contributed by atoms with Crippen LogP contribution in [0.2, 0.25) is 0 Å². The zero-order valence-electron chi connectivity index (χ0n) is 74.3. The number of phosphoric acid groups is 1. The van der Waals surface area contributed by atoms with Crippen molar-refractivity contribution in [3.05, 3.63) is 171 Å². The number of benzene rings is 6. The van der Waals surface area contributed by atoms with Crippen molar-refractivity contribution in [2.75, 3.05) is 17.2 Å². The fourth-order valence-electron chi connectivity index (χ4n) is 16.0. The average molecular weight is 1840 g/mol. The number of para-hydroxylation sites is 1. The van der Waals surface area contributed by atoms with Crippen LogP contribution in [0.1, 0.15) is 218 Å². The average Bonchev–Trinajstić information content (AvgIpc) is 1.60. The standard InChI is InChI=1S/C32H36N5O9P.C32H35N5O6.C31H33N5O7/c1-3-4-5-26-35-30-31(36(26)18-21-8-12-25(19(2)16-21)46-47(42,43)44)23-17-20(7-11-24(23)34-32(30)33)6-9-22(38)10-15-29(41)45-37-27(39)13-14-28(37)40;1-3-4-5-26-35-30-31(36(26)18-21-8-12-25(39)19(2)16-21)23-17-20(7-11-24(23)34-32(30)33)6-9-22(38)10-15-29(42)43-37-27(40)13-14-28(37)41;1-2-3-7-24-34-28-29(35(24)17-19-5-4-6-23(38)30(19)42)21-16-18(9-12-22(21)33-31(28)32)8-10-20(37)11-15-27(41)43-36-25(39)13-14-26(36)40/h7-8,11-12,16-17H,3-6,9-10,13-15,18H2,1-2H3,(H2,33,34)(H2,42,43,44);7-8,11-12,16-17,39H,3-6,9-10,13-15,18H2,1-2H3,(H2,33,34);4-6,9,12,16,38,42H,2-3,7-8,10-11,13-15,17H2,1H3,(H2,32,33). The number of aromatic nitrogens is 9. The van der Waals surface area contributed by atoms with E-state index in [9.17, 15) is 87.2 Å². The molecule has 6 amide bonds. The number of aryl methyl sites for hydroxylation is 8. The zero-order chi connectivity index (χ0) is 95.2. The number of Topliss-reactive ketones (excluding diaryl/α,β-unsaturated/α-hetero) is 3. The Hall–Kier alpha value is -14.5. The van der Waals surface area contributed by atoms with E-state index in [-0.39, 0.29) is 155 Å². The lowest BCUT2D eigenvalue weighted by Crippen LogP contribution is -2.32. The number of unbranched alkanes of at least 4 members (excludes halogenated alkanes) is 3. The Morgan fingerprint density at radius 2 is 0.714 bits per heavy atom. The number of phosphoric ester groups is 1. The largest absolute Gasteiger partial charge is 0.524 e. The second-order valence-electron chi connectivity index (χ2n) is 33.1. The van der Waals surface area contributed by atoms with Crippen molar-refractivity contribution >= 4 is 162 Å². The molecule has 38 heteroatoms. The molecule has 6 aromatic heterocycles. The number of phenols is 3. The number of carbonyl (C=O) groups is 12. The van der Waals surface area contributed by atoms with Crippen LogP contribution in [-0.4, -0.2) is 155 Å². The molecule has 3 fully saturated rings. The van der Waals surface area contributed by atoms with Gasteiger partial charge in [0, 0.05) is 131 Å². The van der Waals surface area contributed by atoms with Gasteiger partial charge in [-0.2, -0.15) is 0 Å². The number of pyridine rings is 3. The van der Waals surface area contributed by atoms with Crippen LogP contribution in [-0.2, 0) is 135 Å². The molecular weight excluding hydrogens is 1730 g/mol. The summed E-state index contributed by atoms with van der Waals surface area (Å²) in [5.41, 5.74) is 31.7. The Balaban J connectivity index is 0.000000170. The van der Waals surface area contributed by atoms with Gasteiger partial charge in [0.25, 0.3) is 35.4 Å². The number of imide groups is 3. The van der Waals surface area contributed by atoms with Gasteiger partial charge in [-0.05, 0) is 146 Å². The highest BCUT2D eigenvalue weighted by Gasteiger charge is 2.36. The SMILES string of the molecule is CCCCc1nc2c(N)nc3ccc(CCC(=O)CCC(=O)ON4C(=O)CCC4=O)cc3c2n1Cc1ccc(O)c(C)c1.CCCCc1nc2c(N)nc3ccc(CCC(=O)CCC(=O)ON4C(=O)CCC4=O)cc3c2n1Cc1ccc(OP(=O)(O)O)c(C)c1.CCCCc1nc2c(N)nc3ccc(CCC(=O)CCC(=O)ON4C(=O)CCC4=O)cc3c2n1Cc1cccc(O)c1O. The molecule has 3 aliphatic rings. The molecule has 0 spiro atoms. The molecule has 15 rings (SSSR count). The molecule has 9 heterocycles. The molecule has 696 valence electrons. The lowest BCUT2D eigenvalue weighted by atomic mass is 10.0. The first kappa shape index (κ1) is 96.1. The number of ketones is 3. The van der Waals surface area contributed by atoms with Gasteiger partial charge in [0.05, 0.1) is 58.9 Å². The molecule has 3 saturated heterocycles. The van der Waals surface area contributed by atoms with E-state index < -0.39 is 61.2 Å². The van der Waals surface area contributed by atoms with Gasteiger partial charge in [-0.1, -0.05) is 94.6 Å². The van der Waals surface area contributed by atoms with Crippen molar-refractivity contribution in [3.8, 4) is 23.0 Å². The second-order valence-corrected chi connectivity index (χ2v) is 34.3. The Kier molecular flexibility index (Phi) is 30.8. The molecule has 133 heavy (non-hydrogen) atoms. The number of rotatable bonds is 38. The van der Waals surface area contributed by atoms with E-state index in [0.717, 1.165) is 134 Å². The summed E-state index contributed by atoms with van der Waals surface area (Å²) in [6.07, 6.45) is 8.76. The molecule has 0 saturated carbocycles. The van der Waals surface area contributed by atoms with Gasteiger partial charge in [-0.25, -0.2) is 48.9 Å². The quantitative estimate of drug-likeness (QED) is 0.0101. The summed E-state index contributed by atoms with van der Waals surface area (Å²) < 4.78 is 22.4. The Labute approximate surface area is 762 Å². The van der Waals surface area contributed by atoms with Crippen LogP contribution in [0.15, 0.2) is 109 Å². The maximum Gasteiger partial charge on any atom is 0.524 e. The summed E-state index contributed by atoms with van der Waals surface area (Å²) >= 11 is 0. The molecule has 0 atom stereocenters. The Morgan fingerprint density at radius 1 is 0.383 bits per heavy atom. The maximum absolute atomic E-state index is 12.6. The molecule has 0 aliphatic carbocycles. The first-order chi connectivity index (χ1) is 63.6. The van der Waals surface area contributed by atoms with Crippen molar-refractivity contribution < 1.29 is 106 Å². The minimum atomic E-state index is -4.71. The lowest BCUT2D eigenvalue weighted by Gasteiger charge is -2.14. The van der Waals surface area contributed by atoms with E-state index in [1.807, 2.05) is 78.2 Å². The number of hydrogen-bond acceptors (Lipinski definition) is 29. The van der Waals surface area contributed by atoms with E-state index in [4.69, 9.17) is 51.2 Å². The number of hydroxylamine groups is 6. The second kappa shape index (κ2) is 42.6. The van der Waals surface area contributed by atoms with Crippen molar-refractivity contribution in [2.45, 2.75) is 228 Å². The third kappa shape index (κ3) is 23.5. The molecule has 0 radical (unpaired) electrons. The number of phenolic OH excluding ortho intramolecular Hbond substituents is 3. The fraction of sp³-hybridized carbons (Fsp3) is 0.368. The summed E-state index contributed by atoms with van der Waals surface area (Å²) in [6.45, 7) is 11.1. The summed E-state index contributed by atoms with van der Waals surface area (Å²) in [7, 11) is -4.71. The number of amides is 6. The topological polar surface area (TPSA) is 540 Å². The van der Waals surface area contributed by atoms with Gasteiger partial charge < -0.3 is 65.3 Å². The summed E-state index contributed by atoms with van der Waals surface area (Å²) in [6, 6.07) is 32.6. The van der Waals surface area contributed by atoms with Crippen LogP contribution in [0.3, 0.4) is 0 Å². The van der Waals surface area contributed by atoms with Crippen molar-refractivity contribution in [3.63, 3.8) is 0 Å². The minimum Gasteiger partial charge on any atom is -0.508 e. The molecule has 6 aromatic carbocycles. The first-order valence-corrected chi connectivity index (χ1v) is 45.8. The summed E-state index contributed by atoms with van der Waals surface area (Å²) in [5, 5.41) is 34.5. The van der Waals surface area contributed by atoms with E-state index >= 15 is 0 Å². The van der Waals surface area contributed by atoms with Crippen LogP contribution in [0.25, 0.3) is 65.8 Å². The molecule has 11 N–H and O–H groups in total. The molecule has 3 aliphatic heterocycles. The summed E-state index contributed by atoms with van der Waals surface area (Å²) in [4.78, 5) is 205. The summed E-state index contributed by atoms with van der Waals surface area (Å²) in [5.74, 6) is -2.88. The van der Waals surface area contributed by atoms with Crippen LogP contribution >= 0.6 is 7.82 Å². The number of nitrogens with zero attached hydrogens (tertiary/aromatic N) is 12. The molecular formula is C95H104N15O22P. The van der Waals surface area contributed by atoms with E-state index in [2.05, 4.69) is 44.9 Å². The number of nitrogens with two attached hydrogens (primary N) is 3. The van der Waals surface area contributed by atoms with E-state index in [0.29, 0.717) is 105 Å². The van der Waals surface area contributed by atoms with E-state index in [1.54, 1.807) is 37.3 Å². The Morgan fingerprint density at radius 3 is 1.05 bits per heavy atom. The lowest BCUT2D eigenvalue weighted by molar-refractivity contribution is -0.197. The number of hydrogen-bond donors (Lipinski definition) is 8. The van der Waals surface area contributed by atoms with Gasteiger partial charge in [-0.15, -0.1) is 15.2 Å². The highest BCUT2D eigenvalue weighted by molar-refractivity contribution is 7.46. The Bertz CT molecular complexity index is 6620. The normalized spacial score (nSPS) is 13.5. The van der Waals surface area contributed by atoms with E-state index in [1.165, 1.54) is 12.1 Å². The van der Waals surface area contributed by atoms with Gasteiger partial charge in [0.2, 0.25) is 0 Å². The molecule has 0 bridgehead atoms. The molecule has 0 unspecified atom stereocenters. The van der Waals surface area contributed by atoms with Crippen LogP contribution in [0, 0.1) is 13.8 Å². The number of fused-ring (bicyclic) bond motifs is 9. The number of anilines is 3. The van der Waals surface area contributed by atoms with Crippen molar-refractivity contribution in [1.29, 1.82) is 0 Å².